The van der Waals surface area contributed by atoms with Crippen molar-refractivity contribution in [3.8, 4) is 0 Å². The van der Waals surface area contributed by atoms with Gasteiger partial charge in [0.25, 0.3) is 0 Å². The Labute approximate surface area is 82.7 Å². The largest absolute Gasteiger partial charge is 0.310 e. The zero-order valence-corrected chi connectivity index (χ0v) is 9.34. The van der Waals surface area contributed by atoms with Gasteiger partial charge < -0.3 is 10.2 Å². The van der Waals surface area contributed by atoms with Gasteiger partial charge in [-0.25, -0.2) is 0 Å². The van der Waals surface area contributed by atoms with Crippen molar-refractivity contribution >= 4 is 0 Å². The molecule has 13 heavy (non-hydrogen) atoms. The first-order chi connectivity index (χ1) is 6.22. The van der Waals surface area contributed by atoms with Crippen molar-refractivity contribution in [1.82, 2.24) is 10.2 Å². The number of nitrogens with zero attached hydrogens (tertiary/aromatic N) is 1. The highest BCUT2D eigenvalue weighted by Crippen LogP contribution is 2.10. The summed E-state index contributed by atoms with van der Waals surface area (Å²) < 4.78 is 0. The molecule has 0 aromatic heterocycles. The summed E-state index contributed by atoms with van der Waals surface area (Å²) in [6.07, 6.45) is 4.01. The van der Waals surface area contributed by atoms with Crippen LogP contribution in [-0.4, -0.2) is 36.6 Å². The molecular formula is C11H24N2. The van der Waals surface area contributed by atoms with E-state index in [1.807, 2.05) is 0 Å². The molecule has 0 aromatic carbocycles. The maximum Gasteiger partial charge on any atom is 0.0209 e. The molecule has 2 heteroatoms. The number of hydrogen-bond acceptors (Lipinski definition) is 2. The maximum atomic E-state index is 3.61. The molecule has 0 aromatic rings. The number of hydrogen-bond donors (Lipinski definition) is 1. The van der Waals surface area contributed by atoms with Crippen LogP contribution in [-0.2, 0) is 0 Å². The molecule has 1 rings (SSSR count). The van der Waals surface area contributed by atoms with Crippen LogP contribution in [0, 0.1) is 0 Å². The van der Waals surface area contributed by atoms with Crippen molar-refractivity contribution in [2.45, 2.75) is 52.1 Å². The monoisotopic (exact) mass is 184 g/mol. The number of unbranched alkanes of at least 4 members (excludes halogenated alkanes) is 1. The van der Waals surface area contributed by atoms with E-state index in [1.54, 1.807) is 0 Å². The van der Waals surface area contributed by atoms with Gasteiger partial charge in [0.05, 0.1) is 0 Å². The lowest BCUT2D eigenvalue weighted by atomic mass is 10.2. The molecule has 0 radical (unpaired) electrons. The third-order valence-corrected chi connectivity index (χ3v) is 2.67. The first-order valence-electron chi connectivity index (χ1n) is 5.70. The van der Waals surface area contributed by atoms with Gasteiger partial charge in [-0.3, -0.25) is 0 Å². The van der Waals surface area contributed by atoms with E-state index in [1.165, 1.54) is 38.9 Å². The second-order valence-electron chi connectivity index (χ2n) is 4.46. The molecule has 1 heterocycles. The second-order valence-corrected chi connectivity index (χ2v) is 4.46. The molecule has 2 nitrogen and oxygen atoms in total. The highest BCUT2D eigenvalue weighted by Gasteiger charge is 2.21. The van der Waals surface area contributed by atoms with Gasteiger partial charge in [0.2, 0.25) is 0 Å². The highest BCUT2D eigenvalue weighted by atomic mass is 15.2. The minimum Gasteiger partial charge on any atom is -0.310 e. The lowest BCUT2D eigenvalue weighted by Crippen LogP contribution is -2.37. The van der Waals surface area contributed by atoms with Crippen LogP contribution in [0.5, 0.6) is 0 Å². The highest BCUT2D eigenvalue weighted by molar-refractivity contribution is 4.81. The topological polar surface area (TPSA) is 15.3 Å². The summed E-state index contributed by atoms with van der Waals surface area (Å²) in [4.78, 5) is 2.59. The Kier molecular flexibility index (Phi) is 4.74. The summed E-state index contributed by atoms with van der Waals surface area (Å²) in [7, 11) is 0. The van der Waals surface area contributed by atoms with E-state index in [0.29, 0.717) is 6.04 Å². The Morgan fingerprint density at radius 2 is 2.23 bits per heavy atom. The molecule has 0 amide bonds. The molecule has 1 saturated heterocycles. The van der Waals surface area contributed by atoms with Crippen LogP contribution in [0.2, 0.25) is 0 Å². The number of nitrogens with one attached hydrogen (secondary N) is 1. The summed E-state index contributed by atoms with van der Waals surface area (Å²) in [6, 6.07) is 1.38. The smallest absolute Gasteiger partial charge is 0.0209 e. The van der Waals surface area contributed by atoms with Gasteiger partial charge in [0, 0.05) is 18.6 Å². The summed E-state index contributed by atoms with van der Waals surface area (Å²) in [6.45, 7) is 10.6. The van der Waals surface area contributed by atoms with E-state index >= 15 is 0 Å². The fourth-order valence-electron chi connectivity index (χ4n) is 2.02. The van der Waals surface area contributed by atoms with Crippen LogP contribution in [0.25, 0.3) is 0 Å². The van der Waals surface area contributed by atoms with Gasteiger partial charge in [0.1, 0.15) is 0 Å². The molecule has 0 aliphatic carbocycles. The lowest BCUT2D eigenvalue weighted by Gasteiger charge is -2.17. The molecular weight excluding hydrogens is 160 g/mol. The van der Waals surface area contributed by atoms with Crippen molar-refractivity contribution in [2.75, 3.05) is 19.6 Å². The second kappa shape index (κ2) is 5.61. The Morgan fingerprint density at radius 1 is 1.46 bits per heavy atom. The summed E-state index contributed by atoms with van der Waals surface area (Å²) in [5.74, 6) is 0. The van der Waals surface area contributed by atoms with Gasteiger partial charge in [-0.1, -0.05) is 27.2 Å². The van der Waals surface area contributed by atoms with Crippen LogP contribution in [0.3, 0.4) is 0 Å². The zero-order valence-electron chi connectivity index (χ0n) is 9.34. The molecule has 0 saturated carbocycles. The van der Waals surface area contributed by atoms with Crippen molar-refractivity contribution in [3.05, 3.63) is 0 Å². The van der Waals surface area contributed by atoms with Gasteiger partial charge in [0.15, 0.2) is 0 Å². The van der Waals surface area contributed by atoms with E-state index in [9.17, 15) is 0 Å². The van der Waals surface area contributed by atoms with Gasteiger partial charge in [-0.2, -0.15) is 0 Å². The van der Waals surface area contributed by atoms with E-state index < -0.39 is 0 Å². The van der Waals surface area contributed by atoms with Gasteiger partial charge >= 0.3 is 0 Å². The zero-order chi connectivity index (χ0) is 9.68. The maximum absolute atomic E-state index is 3.61. The summed E-state index contributed by atoms with van der Waals surface area (Å²) in [5, 5.41) is 3.61. The number of likely N-dealkylation sites (tertiary alicyclic amines) is 1. The molecule has 1 aliphatic rings. The van der Waals surface area contributed by atoms with Crippen molar-refractivity contribution in [3.63, 3.8) is 0 Å². The molecule has 1 aliphatic heterocycles. The molecule has 0 bridgehead atoms. The Balaban J connectivity index is 2.12. The molecule has 0 spiro atoms. The third kappa shape index (κ3) is 4.10. The molecule has 1 N–H and O–H groups in total. The van der Waals surface area contributed by atoms with E-state index in [4.69, 9.17) is 0 Å². The Hall–Kier alpha value is -0.0800. The first kappa shape index (κ1) is 11.0. The predicted molar refractivity (Wildman–Crippen MR) is 58.0 cm³/mol. The predicted octanol–water partition coefficient (Wildman–Crippen LogP) is 1.86. The number of rotatable bonds is 5. The van der Waals surface area contributed by atoms with E-state index in [0.717, 1.165) is 6.04 Å². The normalized spacial score (nSPS) is 24.5. The standard InChI is InChI=1S/C11H24N2/c1-4-5-7-13-8-6-11(9-13)12-10(2)3/h10-12H,4-9H2,1-3H3. The van der Waals surface area contributed by atoms with E-state index in [-0.39, 0.29) is 0 Å². The Bertz CT molecular complexity index is 134. The van der Waals surface area contributed by atoms with Crippen molar-refractivity contribution in [1.29, 1.82) is 0 Å². The first-order valence-corrected chi connectivity index (χ1v) is 5.70. The van der Waals surface area contributed by atoms with Crippen LogP contribution in [0.4, 0.5) is 0 Å². The van der Waals surface area contributed by atoms with Crippen molar-refractivity contribution in [2.24, 2.45) is 0 Å². The SMILES string of the molecule is CCCCN1CCC(NC(C)C)C1. The Morgan fingerprint density at radius 3 is 2.85 bits per heavy atom. The molecule has 1 atom stereocenters. The summed E-state index contributed by atoms with van der Waals surface area (Å²) >= 11 is 0. The average Bonchev–Trinajstić information content (AvgIpc) is 2.48. The van der Waals surface area contributed by atoms with Gasteiger partial charge in [-0.15, -0.1) is 0 Å². The van der Waals surface area contributed by atoms with E-state index in [2.05, 4.69) is 31.0 Å². The molecule has 1 fully saturated rings. The quantitative estimate of drug-likeness (QED) is 0.701. The average molecular weight is 184 g/mol. The van der Waals surface area contributed by atoms with Crippen molar-refractivity contribution < 1.29 is 0 Å². The fourth-order valence-corrected chi connectivity index (χ4v) is 2.02. The van der Waals surface area contributed by atoms with Crippen LogP contribution in [0.1, 0.15) is 40.0 Å². The third-order valence-electron chi connectivity index (χ3n) is 2.67. The van der Waals surface area contributed by atoms with Crippen LogP contribution < -0.4 is 5.32 Å². The van der Waals surface area contributed by atoms with Crippen LogP contribution >= 0.6 is 0 Å². The lowest BCUT2D eigenvalue weighted by molar-refractivity contribution is 0.319. The minimum atomic E-state index is 0.635. The summed E-state index contributed by atoms with van der Waals surface area (Å²) in [5.41, 5.74) is 0. The molecule has 1 unspecified atom stereocenters. The fraction of sp³-hybridized carbons (Fsp3) is 1.00. The molecule has 78 valence electrons. The van der Waals surface area contributed by atoms with Crippen LogP contribution in [0.15, 0.2) is 0 Å². The minimum absolute atomic E-state index is 0.635. The van der Waals surface area contributed by atoms with Gasteiger partial charge in [-0.05, 0) is 25.9 Å².